The van der Waals surface area contributed by atoms with Gasteiger partial charge in [0.05, 0.1) is 11.0 Å². The molecule has 0 amide bonds. The van der Waals surface area contributed by atoms with Crippen LogP contribution in [0.5, 0.6) is 0 Å². The van der Waals surface area contributed by atoms with Crippen molar-refractivity contribution < 1.29 is 17.2 Å². The molecule has 0 aliphatic rings. The molecule has 1 rings (SSSR count). The molecule has 3 nitrogen and oxygen atoms in total. The maximum Gasteiger partial charge on any atom is 0.159 e. The van der Waals surface area contributed by atoms with E-state index in [4.69, 9.17) is 5.73 Å². The maximum atomic E-state index is 12.9. The standard InChI is InChI=1S/C11H15F2NO2S/c1-8(4-5-14)17(15,16)7-9-2-3-10(12)11(13)6-9/h2-3,6,8H,4-5,7,14H2,1H3. The van der Waals surface area contributed by atoms with Gasteiger partial charge < -0.3 is 5.73 Å². The summed E-state index contributed by atoms with van der Waals surface area (Å²) in [7, 11) is -3.37. The summed E-state index contributed by atoms with van der Waals surface area (Å²) in [6.07, 6.45) is 0.353. The van der Waals surface area contributed by atoms with Gasteiger partial charge in [-0.2, -0.15) is 0 Å². The first kappa shape index (κ1) is 14.1. The Kier molecular flexibility index (Phi) is 4.59. The van der Waals surface area contributed by atoms with E-state index in [0.29, 0.717) is 6.42 Å². The van der Waals surface area contributed by atoms with Gasteiger partial charge in [0.1, 0.15) is 0 Å². The van der Waals surface area contributed by atoms with Gasteiger partial charge in [-0.25, -0.2) is 17.2 Å². The fourth-order valence-electron chi connectivity index (χ4n) is 1.42. The zero-order valence-electron chi connectivity index (χ0n) is 9.49. The van der Waals surface area contributed by atoms with Crippen LogP contribution in [0, 0.1) is 11.6 Å². The van der Waals surface area contributed by atoms with Crippen LogP contribution in [-0.4, -0.2) is 20.2 Å². The molecule has 17 heavy (non-hydrogen) atoms. The first-order valence-electron chi connectivity index (χ1n) is 5.22. The summed E-state index contributed by atoms with van der Waals surface area (Å²) in [6.45, 7) is 1.83. The number of hydrogen-bond acceptors (Lipinski definition) is 3. The molecule has 1 atom stereocenters. The minimum Gasteiger partial charge on any atom is -0.330 e. The van der Waals surface area contributed by atoms with E-state index >= 15 is 0 Å². The lowest BCUT2D eigenvalue weighted by molar-refractivity contribution is 0.507. The lowest BCUT2D eigenvalue weighted by Crippen LogP contribution is -2.22. The molecule has 96 valence electrons. The van der Waals surface area contributed by atoms with Gasteiger partial charge in [0, 0.05) is 0 Å². The van der Waals surface area contributed by atoms with Crippen LogP contribution in [0.2, 0.25) is 0 Å². The van der Waals surface area contributed by atoms with Crippen LogP contribution in [-0.2, 0) is 15.6 Å². The van der Waals surface area contributed by atoms with Gasteiger partial charge in [0.2, 0.25) is 0 Å². The van der Waals surface area contributed by atoms with E-state index < -0.39 is 26.7 Å². The number of nitrogens with two attached hydrogens (primary N) is 1. The van der Waals surface area contributed by atoms with Crippen molar-refractivity contribution in [1.29, 1.82) is 0 Å². The first-order valence-corrected chi connectivity index (χ1v) is 6.94. The summed E-state index contributed by atoms with van der Waals surface area (Å²) in [5, 5.41) is -0.583. The van der Waals surface area contributed by atoms with E-state index in [1.54, 1.807) is 6.92 Å². The van der Waals surface area contributed by atoms with E-state index in [1.165, 1.54) is 6.07 Å². The minimum atomic E-state index is -3.37. The van der Waals surface area contributed by atoms with Crippen molar-refractivity contribution in [2.75, 3.05) is 6.54 Å². The number of hydrogen-bond donors (Lipinski definition) is 1. The number of rotatable bonds is 5. The molecule has 0 heterocycles. The fourth-order valence-corrected chi connectivity index (χ4v) is 2.84. The van der Waals surface area contributed by atoms with Crippen LogP contribution in [0.15, 0.2) is 18.2 Å². The quantitative estimate of drug-likeness (QED) is 0.878. The molecule has 1 aromatic rings. The third-order valence-corrected chi connectivity index (χ3v) is 4.74. The molecule has 2 N–H and O–H groups in total. The van der Waals surface area contributed by atoms with Crippen molar-refractivity contribution in [2.45, 2.75) is 24.3 Å². The van der Waals surface area contributed by atoms with Gasteiger partial charge in [-0.3, -0.25) is 0 Å². The van der Waals surface area contributed by atoms with Crippen LogP contribution in [0.25, 0.3) is 0 Å². The van der Waals surface area contributed by atoms with Crippen molar-refractivity contribution >= 4 is 9.84 Å². The molecule has 0 saturated heterocycles. The Hall–Kier alpha value is -1.01. The zero-order valence-corrected chi connectivity index (χ0v) is 10.3. The normalized spacial score (nSPS) is 13.6. The topological polar surface area (TPSA) is 60.2 Å². The SMILES string of the molecule is CC(CCN)S(=O)(=O)Cc1ccc(F)c(F)c1. The second-order valence-electron chi connectivity index (χ2n) is 3.94. The number of sulfone groups is 1. The Bertz CT molecular complexity index is 488. The van der Waals surface area contributed by atoms with Gasteiger partial charge in [0.15, 0.2) is 21.5 Å². The van der Waals surface area contributed by atoms with Crippen molar-refractivity contribution in [2.24, 2.45) is 5.73 Å². The molecule has 0 aromatic heterocycles. The van der Waals surface area contributed by atoms with Gasteiger partial charge >= 0.3 is 0 Å². The molecule has 0 radical (unpaired) electrons. The second-order valence-corrected chi connectivity index (χ2v) is 6.36. The lowest BCUT2D eigenvalue weighted by atomic mass is 10.2. The molecule has 0 aliphatic carbocycles. The summed E-state index contributed by atoms with van der Waals surface area (Å²) in [6, 6.07) is 3.10. The highest BCUT2D eigenvalue weighted by molar-refractivity contribution is 7.91. The van der Waals surface area contributed by atoms with Gasteiger partial charge in [-0.15, -0.1) is 0 Å². The Labute approximate surface area is 99.6 Å². The van der Waals surface area contributed by atoms with E-state index in [0.717, 1.165) is 12.1 Å². The highest BCUT2D eigenvalue weighted by atomic mass is 32.2. The van der Waals surface area contributed by atoms with Gasteiger partial charge in [0.25, 0.3) is 0 Å². The highest BCUT2D eigenvalue weighted by Crippen LogP contribution is 2.15. The molecule has 0 bridgehead atoms. The predicted molar refractivity (Wildman–Crippen MR) is 62.1 cm³/mol. The number of halogens is 2. The largest absolute Gasteiger partial charge is 0.330 e. The van der Waals surface area contributed by atoms with Crippen LogP contribution in [0.4, 0.5) is 8.78 Å². The molecule has 0 saturated carbocycles. The predicted octanol–water partition coefficient (Wildman–Crippen LogP) is 1.62. The van der Waals surface area contributed by atoms with E-state index in [9.17, 15) is 17.2 Å². The van der Waals surface area contributed by atoms with E-state index in [-0.39, 0.29) is 17.9 Å². The smallest absolute Gasteiger partial charge is 0.159 e. The molecule has 1 unspecified atom stereocenters. The summed E-state index contributed by atoms with van der Waals surface area (Å²) >= 11 is 0. The van der Waals surface area contributed by atoms with Crippen molar-refractivity contribution in [1.82, 2.24) is 0 Å². The van der Waals surface area contributed by atoms with Gasteiger partial charge in [-0.05, 0) is 37.6 Å². The third kappa shape index (κ3) is 3.74. The Balaban J connectivity index is 2.86. The third-order valence-electron chi connectivity index (χ3n) is 2.54. The Morgan fingerprint density at radius 1 is 1.29 bits per heavy atom. The number of benzene rings is 1. The average Bonchev–Trinajstić information content (AvgIpc) is 2.23. The van der Waals surface area contributed by atoms with Crippen LogP contribution in [0.1, 0.15) is 18.9 Å². The highest BCUT2D eigenvalue weighted by Gasteiger charge is 2.21. The maximum absolute atomic E-state index is 12.9. The molecule has 0 aliphatic heterocycles. The van der Waals surface area contributed by atoms with Crippen molar-refractivity contribution in [3.63, 3.8) is 0 Å². The Morgan fingerprint density at radius 2 is 1.94 bits per heavy atom. The second kappa shape index (κ2) is 5.55. The molecule has 1 aromatic carbocycles. The molecule has 0 spiro atoms. The van der Waals surface area contributed by atoms with Crippen LogP contribution < -0.4 is 5.73 Å². The summed E-state index contributed by atoms with van der Waals surface area (Å²) < 4.78 is 49.2. The lowest BCUT2D eigenvalue weighted by Gasteiger charge is -2.11. The van der Waals surface area contributed by atoms with Crippen molar-refractivity contribution in [3.05, 3.63) is 35.4 Å². The summed E-state index contributed by atoms with van der Waals surface area (Å²) in [5.74, 6) is -2.32. The van der Waals surface area contributed by atoms with Gasteiger partial charge in [-0.1, -0.05) is 6.07 Å². The summed E-state index contributed by atoms with van der Waals surface area (Å²) in [5.41, 5.74) is 5.53. The minimum absolute atomic E-state index is 0.243. The van der Waals surface area contributed by atoms with Crippen LogP contribution in [0.3, 0.4) is 0 Å². The van der Waals surface area contributed by atoms with Crippen molar-refractivity contribution in [3.8, 4) is 0 Å². The molecule has 0 fully saturated rings. The molecular formula is C11H15F2NO2S. The monoisotopic (exact) mass is 263 g/mol. The Morgan fingerprint density at radius 3 is 2.47 bits per heavy atom. The summed E-state index contributed by atoms with van der Waals surface area (Å²) in [4.78, 5) is 0. The average molecular weight is 263 g/mol. The van der Waals surface area contributed by atoms with E-state index in [2.05, 4.69) is 0 Å². The van der Waals surface area contributed by atoms with E-state index in [1.807, 2.05) is 0 Å². The zero-order chi connectivity index (χ0) is 13.1. The molecule has 6 heteroatoms. The first-order chi connectivity index (χ1) is 7.86. The molecular weight excluding hydrogens is 248 g/mol. The van der Waals surface area contributed by atoms with Crippen LogP contribution >= 0.6 is 0 Å². The fraction of sp³-hybridized carbons (Fsp3) is 0.455.